The van der Waals surface area contributed by atoms with E-state index in [4.69, 9.17) is 15.0 Å². The molecule has 0 saturated carbocycles. The monoisotopic (exact) mass is 204 g/mol. The molecule has 0 fully saturated rings. The largest absolute Gasteiger partial charge is 0.496 e. The Kier molecular flexibility index (Phi) is 2.33. The molecule has 0 unspecified atom stereocenters. The molecule has 1 aromatic carbocycles. The first-order valence-corrected chi connectivity index (χ1v) is 4.58. The molecule has 0 aliphatic heterocycles. The van der Waals surface area contributed by atoms with Gasteiger partial charge in [-0.2, -0.15) is 0 Å². The van der Waals surface area contributed by atoms with Crippen LogP contribution in [0.1, 0.15) is 5.56 Å². The predicted octanol–water partition coefficient (Wildman–Crippen LogP) is 2.24. The van der Waals surface area contributed by atoms with Gasteiger partial charge in [0.2, 0.25) is 0 Å². The van der Waals surface area contributed by atoms with Crippen LogP contribution < -0.4 is 10.5 Å². The Hall–Kier alpha value is -1.97. The summed E-state index contributed by atoms with van der Waals surface area (Å²) in [4.78, 5) is 0. The van der Waals surface area contributed by atoms with Crippen LogP contribution in [0.15, 0.2) is 28.8 Å². The van der Waals surface area contributed by atoms with Crippen molar-refractivity contribution >= 4 is 5.82 Å². The third kappa shape index (κ3) is 1.79. The van der Waals surface area contributed by atoms with Crippen molar-refractivity contribution in [2.45, 2.75) is 6.92 Å². The molecule has 4 nitrogen and oxygen atoms in total. The van der Waals surface area contributed by atoms with E-state index in [1.165, 1.54) is 0 Å². The van der Waals surface area contributed by atoms with Crippen LogP contribution >= 0.6 is 0 Å². The van der Waals surface area contributed by atoms with Crippen LogP contribution in [0.4, 0.5) is 5.82 Å². The van der Waals surface area contributed by atoms with Gasteiger partial charge in [-0.1, -0.05) is 5.16 Å². The van der Waals surface area contributed by atoms with Crippen LogP contribution in [0, 0.1) is 6.92 Å². The lowest BCUT2D eigenvalue weighted by Gasteiger charge is -2.04. The van der Waals surface area contributed by atoms with Gasteiger partial charge in [0, 0.05) is 11.6 Å². The van der Waals surface area contributed by atoms with Gasteiger partial charge in [-0.15, -0.1) is 0 Å². The number of ether oxygens (including phenoxy) is 1. The summed E-state index contributed by atoms with van der Waals surface area (Å²) in [7, 11) is 1.65. The van der Waals surface area contributed by atoms with Gasteiger partial charge in [0.15, 0.2) is 11.6 Å². The van der Waals surface area contributed by atoms with Gasteiger partial charge >= 0.3 is 0 Å². The minimum atomic E-state index is 0.387. The van der Waals surface area contributed by atoms with Gasteiger partial charge in [-0.05, 0) is 30.7 Å². The topological polar surface area (TPSA) is 61.3 Å². The molecule has 0 bridgehead atoms. The predicted molar refractivity (Wildman–Crippen MR) is 57.6 cm³/mol. The first-order valence-electron chi connectivity index (χ1n) is 4.58. The van der Waals surface area contributed by atoms with E-state index in [2.05, 4.69) is 5.16 Å². The van der Waals surface area contributed by atoms with Crippen molar-refractivity contribution in [1.82, 2.24) is 5.16 Å². The van der Waals surface area contributed by atoms with E-state index in [0.29, 0.717) is 11.6 Å². The van der Waals surface area contributed by atoms with Crippen LogP contribution in [-0.2, 0) is 0 Å². The maximum Gasteiger partial charge on any atom is 0.169 e. The van der Waals surface area contributed by atoms with Crippen LogP contribution in [0.5, 0.6) is 5.75 Å². The SMILES string of the molecule is COc1ccc(-c2cc(N)no2)cc1C. The molecule has 1 aromatic heterocycles. The Bertz CT molecular complexity index is 477. The molecule has 0 atom stereocenters. The summed E-state index contributed by atoms with van der Waals surface area (Å²) >= 11 is 0. The van der Waals surface area contributed by atoms with Crippen molar-refractivity contribution < 1.29 is 9.26 Å². The summed E-state index contributed by atoms with van der Waals surface area (Å²) in [5.41, 5.74) is 7.47. The van der Waals surface area contributed by atoms with E-state index in [0.717, 1.165) is 16.9 Å². The Morgan fingerprint density at radius 1 is 1.33 bits per heavy atom. The van der Waals surface area contributed by atoms with Gasteiger partial charge in [-0.25, -0.2) is 0 Å². The average molecular weight is 204 g/mol. The van der Waals surface area contributed by atoms with Gasteiger partial charge in [-0.3, -0.25) is 0 Å². The van der Waals surface area contributed by atoms with Gasteiger partial charge < -0.3 is 15.0 Å². The summed E-state index contributed by atoms with van der Waals surface area (Å²) in [6.45, 7) is 1.97. The van der Waals surface area contributed by atoms with Crippen molar-refractivity contribution in [2.24, 2.45) is 0 Å². The second-order valence-electron chi connectivity index (χ2n) is 3.30. The molecule has 2 N–H and O–H groups in total. The molecular formula is C11H12N2O2. The highest BCUT2D eigenvalue weighted by atomic mass is 16.5. The number of aryl methyl sites for hydroxylation is 1. The molecule has 15 heavy (non-hydrogen) atoms. The third-order valence-corrected chi connectivity index (χ3v) is 2.21. The zero-order chi connectivity index (χ0) is 10.8. The zero-order valence-corrected chi connectivity index (χ0v) is 8.65. The Labute approximate surface area is 87.6 Å². The normalized spacial score (nSPS) is 10.3. The van der Waals surface area contributed by atoms with E-state index in [-0.39, 0.29) is 0 Å². The standard InChI is InChI=1S/C11H12N2O2/c1-7-5-8(3-4-9(7)14-2)10-6-11(12)13-15-10/h3-6H,1-2H3,(H2,12,13). The van der Waals surface area contributed by atoms with Gasteiger partial charge in [0.25, 0.3) is 0 Å². The molecule has 2 rings (SSSR count). The fourth-order valence-electron chi connectivity index (χ4n) is 1.46. The maximum atomic E-state index is 5.48. The van der Waals surface area contributed by atoms with Crippen LogP contribution in [-0.4, -0.2) is 12.3 Å². The highest BCUT2D eigenvalue weighted by molar-refractivity contribution is 5.62. The molecule has 0 amide bonds. The number of anilines is 1. The maximum absolute atomic E-state index is 5.48. The molecule has 2 aromatic rings. The van der Waals surface area contributed by atoms with Crippen LogP contribution in [0.25, 0.3) is 11.3 Å². The third-order valence-electron chi connectivity index (χ3n) is 2.21. The smallest absolute Gasteiger partial charge is 0.169 e. The lowest BCUT2D eigenvalue weighted by Crippen LogP contribution is -1.87. The van der Waals surface area contributed by atoms with Crippen molar-refractivity contribution in [2.75, 3.05) is 12.8 Å². The minimum absolute atomic E-state index is 0.387. The summed E-state index contributed by atoms with van der Waals surface area (Å²) in [6, 6.07) is 7.47. The number of nitrogens with zero attached hydrogens (tertiary/aromatic N) is 1. The van der Waals surface area contributed by atoms with Gasteiger partial charge in [0.1, 0.15) is 5.75 Å². The molecular weight excluding hydrogens is 192 g/mol. The minimum Gasteiger partial charge on any atom is -0.496 e. The van der Waals surface area contributed by atoms with Crippen LogP contribution in [0.2, 0.25) is 0 Å². The first-order chi connectivity index (χ1) is 7.20. The summed E-state index contributed by atoms with van der Waals surface area (Å²) < 4.78 is 10.2. The van der Waals surface area contributed by atoms with E-state index in [1.807, 2.05) is 25.1 Å². The van der Waals surface area contributed by atoms with E-state index >= 15 is 0 Å². The number of nitrogen functional groups attached to an aromatic ring is 1. The summed E-state index contributed by atoms with van der Waals surface area (Å²) in [5, 5.41) is 3.64. The molecule has 0 radical (unpaired) electrons. The lowest BCUT2D eigenvalue weighted by atomic mass is 10.1. The molecule has 0 spiro atoms. The fraction of sp³-hybridized carbons (Fsp3) is 0.182. The number of aromatic nitrogens is 1. The van der Waals surface area contributed by atoms with Crippen LogP contribution in [0.3, 0.4) is 0 Å². The zero-order valence-electron chi connectivity index (χ0n) is 8.65. The molecule has 4 heteroatoms. The molecule has 1 heterocycles. The number of methoxy groups -OCH3 is 1. The van der Waals surface area contributed by atoms with Crippen molar-refractivity contribution in [1.29, 1.82) is 0 Å². The van der Waals surface area contributed by atoms with Gasteiger partial charge in [0.05, 0.1) is 7.11 Å². The highest BCUT2D eigenvalue weighted by Gasteiger charge is 2.06. The highest BCUT2D eigenvalue weighted by Crippen LogP contribution is 2.26. The summed E-state index contributed by atoms with van der Waals surface area (Å²) in [5.74, 6) is 1.91. The number of nitrogens with two attached hydrogens (primary N) is 1. The second kappa shape index (κ2) is 3.65. The number of benzene rings is 1. The fourth-order valence-corrected chi connectivity index (χ4v) is 1.46. The lowest BCUT2D eigenvalue weighted by molar-refractivity contribution is 0.411. The number of rotatable bonds is 2. The first kappa shape index (κ1) is 9.58. The number of hydrogen-bond acceptors (Lipinski definition) is 4. The Balaban J connectivity index is 2.42. The van der Waals surface area contributed by atoms with Crippen molar-refractivity contribution in [3.63, 3.8) is 0 Å². The molecule has 0 aliphatic rings. The van der Waals surface area contributed by atoms with E-state index < -0.39 is 0 Å². The van der Waals surface area contributed by atoms with Crippen molar-refractivity contribution in [3.8, 4) is 17.1 Å². The number of hydrogen-bond donors (Lipinski definition) is 1. The van der Waals surface area contributed by atoms with E-state index in [1.54, 1.807) is 13.2 Å². The quantitative estimate of drug-likeness (QED) is 0.814. The van der Waals surface area contributed by atoms with Crippen molar-refractivity contribution in [3.05, 3.63) is 29.8 Å². The second-order valence-corrected chi connectivity index (χ2v) is 3.30. The average Bonchev–Trinajstić information content (AvgIpc) is 2.65. The molecule has 0 aliphatic carbocycles. The molecule has 0 saturated heterocycles. The summed E-state index contributed by atoms with van der Waals surface area (Å²) in [6.07, 6.45) is 0. The Morgan fingerprint density at radius 2 is 2.13 bits per heavy atom. The molecule has 78 valence electrons. The Morgan fingerprint density at radius 3 is 2.67 bits per heavy atom. The van der Waals surface area contributed by atoms with E-state index in [9.17, 15) is 0 Å².